The Morgan fingerprint density at radius 3 is 2.68 bits per heavy atom. The predicted octanol–water partition coefficient (Wildman–Crippen LogP) is 1.89. The van der Waals surface area contributed by atoms with Crippen molar-refractivity contribution in [3.05, 3.63) is 35.9 Å². The summed E-state index contributed by atoms with van der Waals surface area (Å²) >= 11 is 0. The smallest absolute Gasteiger partial charge is 0.308 e. The second kappa shape index (κ2) is 7.92. The molecule has 0 saturated carbocycles. The fraction of sp³-hybridized carbons (Fsp3) is 0.533. The van der Waals surface area contributed by atoms with Gasteiger partial charge in [0.05, 0.1) is 19.1 Å². The Kier molecular flexibility index (Phi) is 5.85. The maximum atomic E-state index is 11.5. The SMILES string of the molecule is O=C(CCOC1CCNCC1)OCc1ccccc1. The molecule has 1 heterocycles. The maximum Gasteiger partial charge on any atom is 0.308 e. The molecule has 19 heavy (non-hydrogen) atoms. The molecule has 0 aliphatic carbocycles. The summed E-state index contributed by atoms with van der Waals surface area (Å²) in [7, 11) is 0. The third-order valence-corrected chi connectivity index (χ3v) is 3.19. The monoisotopic (exact) mass is 263 g/mol. The summed E-state index contributed by atoms with van der Waals surface area (Å²) in [5, 5.41) is 3.28. The first-order valence-corrected chi connectivity index (χ1v) is 6.86. The van der Waals surface area contributed by atoms with Crippen LogP contribution in [0.5, 0.6) is 0 Å². The molecule has 1 aliphatic heterocycles. The highest BCUT2D eigenvalue weighted by Crippen LogP contribution is 2.08. The molecule has 1 aliphatic rings. The van der Waals surface area contributed by atoms with Crippen molar-refractivity contribution < 1.29 is 14.3 Å². The van der Waals surface area contributed by atoms with Crippen molar-refractivity contribution in [1.29, 1.82) is 0 Å². The van der Waals surface area contributed by atoms with Gasteiger partial charge in [-0.2, -0.15) is 0 Å². The van der Waals surface area contributed by atoms with Crippen molar-refractivity contribution >= 4 is 5.97 Å². The molecular formula is C15H21NO3. The van der Waals surface area contributed by atoms with Crippen LogP contribution in [-0.2, 0) is 20.9 Å². The number of benzene rings is 1. The highest BCUT2D eigenvalue weighted by molar-refractivity contribution is 5.69. The quantitative estimate of drug-likeness (QED) is 0.796. The van der Waals surface area contributed by atoms with Gasteiger partial charge in [0.15, 0.2) is 0 Å². The van der Waals surface area contributed by atoms with Gasteiger partial charge in [-0.3, -0.25) is 4.79 Å². The van der Waals surface area contributed by atoms with Crippen LogP contribution in [0, 0.1) is 0 Å². The highest BCUT2D eigenvalue weighted by atomic mass is 16.5. The lowest BCUT2D eigenvalue weighted by Crippen LogP contribution is -2.32. The molecule has 0 atom stereocenters. The van der Waals surface area contributed by atoms with Crippen molar-refractivity contribution in [1.82, 2.24) is 5.32 Å². The van der Waals surface area contributed by atoms with Crippen LogP contribution in [0.4, 0.5) is 0 Å². The van der Waals surface area contributed by atoms with Gasteiger partial charge in [-0.25, -0.2) is 0 Å². The standard InChI is InChI=1S/C15H21NO3/c17-15(19-12-13-4-2-1-3-5-13)8-11-18-14-6-9-16-10-7-14/h1-5,14,16H,6-12H2. The summed E-state index contributed by atoms with van der Waals surface area (Å²) in [6.45, 7) is 2.80. The Bertz CT molecular complexity index is 374. The molecule has 0 aromatic heterocycles. The van der Waals surface area contributed by atoms with Gasteiger partial charge in [0.2, 0.25) is 0 Å². The zero-order valence-electron chi connectivity index (χ0n) is 11.1. The van der Waals surface area contributed by atoms with Gasteiger partial charge in [0.25, 0.3) is 0 Å². The molecule has 1 fully saturated rings. The average Bonchev–Trinajstić information content (AvgIpc) is 2.47. The summed E-state index contributed by atoms with van der Waals surface area (Å²) in [4.78, 5) is 11.5. The lowest BCUT2D eigenvalue weighted by molar-refractivity contribution is -0.146. The fourth-order valence-corrected chi connectivity index (χ4v) is 2.08. The van der Waals surface area contributed by atoms with Crippen LogP contribution in [-0.4, -0.2) is 31.8 Å². The number of ether oxygens (including phenoxy) is 2. The molecule has 1 N–H and O–H groups in total. The first-order chi connectivity index (χ1) is 9.34. The third kappa shape index (κ3) is 5.41. The molecule has 1 saturated heterocycles. The molecule has 104 valence electrons. The zero-order valence-corrected chi connectivity index (χ0v) is 11.1. The van der Waals surface area contributed by atoms with Gasteiger partial charge in [0.1, 0.15) is 6.61 Å². The number of carbonyl (C=O) groups excluding carboxylic acids is 1. The van der Waals surface area contributed by atoms with E-state index in [2.05, 4.69) is 5.32 Å². The number of piperidine rings is 1. The largest absolute Gasteiger partial charge is 0.461 e. The lowest BCUT2D eigenvalue weighted by atomic mass is 10.1. The summed E-state index contributed by atoms with van der Waals surface area (Å²) in [6, 6.07) is 9.70. The van der Waals surface area contributed by atoms with E-state index >= 15 is 0 Å². The number of rotatable bonds is 6. The average molecular weight is 263 g/mol. The van der Waals surface area contributed by atoms with Crippen molar-refractivity contribution in [2.24, 2.45) is 0 Å². The molecule has 4 nitrogen and oxygen atoms in total. The minimum absolute atomic E-state index is 0.196. The van der Waals surface area contributed by atoms with E-state index in [0.717, 1.165) is 31.5 Å². The van der Waals surface area contributed by atoms with Gasteiger partial charge in [-0.05, 0) is 31.5 Å². The minimum atomic E-state index is -0.196. The molecule has 0 unspecified atom stereocenters. The molecule has 0 amide bonds. The van der Waals surface area contributed by atoms with Crippen LogP contribution in [0.3, 0.4) is 0 Å². The predicted molar refractivity (Wildman–Crippen MR) is 72.7 cm³/mol. The Morgan fingerprint density at radius 1 is 1.21 bits per heavy atom. The van der Waals surface area contributed by atoms with E-state index in [1.807, 2.05) is 30.3 Å². The Morgan fingerprint density at radius 2 is 1.95 bits per heavy atom. The number of esters is 1. The van der Waals surface area contributed by atoms with Crippen molar-refractivity contribution in [3.8, 4) is 0 Å². The van der Waals surface area contributed by atoms with Gasteiger partial charge in [-0.15, -0.1) is 0 Å². The van der Waals surface area contributed by atoms with Gasteiger partial charge in [-0.1, -0.05) is 30.3 Å². The highest BCUT2D eigenvalue weighted by Gasteiger charge is 2.13. The van der Waals surface area contributed by atoms with Crippen molar-refractivity contribution in [3.63, 3.8) is 0 Å². The zero-order chi connectivity index (χ0) is 13.3. The van der Waals surface area contributed by atoms with Crippen LogP contribution in [0.2, 0.25) is 0 Å². The van der Waals surface area contributed by atoms with E-state index in [1.165, 1.54) is 0 Å². The van der Waals surface area contributed by atoms with E-state index in [-0.39, 0.29) is 5.97 Å². The molecule has 1 aromatic rings. The van der Waals surface area contributed by atoms with Crippen LogP contribution < -0.4 is 5.32 Å². The minimum Gasteiger partial charge on any atom is -0.461 e. The van der Waals surface area contributed by atoms with E-state index in [1.54, 1.807) is 0 Å². The Balaban J connectivity index is 1.57. The normalized spacial score (nSPS) is 16.2. The van der Waals surface area contributed by atoms with E-state index in [9.17, 15) is 4.79 Å². The number of nitrogens with one attached hydrogen (secondary N) is 1. The second-order valence-electron chi connectivity index (χ2n) is 4.72. The lowest BCUT2D eigenvalue weighted by Gasteiger charge is -2.22. The van der Waals surface area contributed by atoms with Gasteiger partial charge in [0, 0.05) is 0 Å². The molecule has 2 rings (SSSR count). The summed E-state index contributed by atoms with van der Waals surface area (Å²) < 4.78 is 10.9. The molecule has 4 heteroatoms. The molecule has 0 spiro atoms. The van der Waals surface area contributed by atoms with E-state index < -0.39 is 0 Å². The molecule has 0 bridgehead atoms. The number of carbonyl (C=O) groups is 1. The Hall–Kier alpha value is -1.39. The molecular weight excluding hydrogens is 242 g/mol. The van der Waals surface area contributed by atoms with E-state index in [0.29, 0.717) is 25.7 Å². The van der Waals surface area contributed by atoms with Crippen LogP contribution >= 0.6 is 0 Å². The van der Waals surface area contributed by atoms with Crippen LogP contribution in [0.1, 0.15) is 24.8 Å². The first kappa shape index (κ1) is 14.0. The second-order valence-corrected chi connectivity index (χ2v) is 4.72. The van der Waals surface area contributed by atoms with Gasteiger partial charge >= 0.3 is 5.97 Å². The van der Waals surface area contributed by atoms with Gasteiger partial charge < -0.3 is 14.8 Å². The van der Waals surface area contributed by atoms with Crippen molar-refractivity contribution in [2.45, 2.75) is 32.0 Å². The fourth-order valence-electron chi connectivity index (χ4n) is 2.08. The maximum absolute atomic E-state index is 11.5. The molecule has 0 radical (unpaired) electrons. The van der Waals surface area contributed by atoms with E-state index in [4.69, 9.17) is 9.47 Å². The molecule has 1 aromatic carbocycles. The van der Waals surface area contributed by atoms with Crippen molar-refractivity contribution in [2.75, 3.05) is 19.7 Å². The van der Waals surface area contributed by atoms with Crippen LogP contribution in [0.15, 0.2) is 30.3 Å². The Labute approximate surface area is 114 Å². The first-order valence-electron chi connectivity index (χ1n) is 6.86. The summed E-state index contributed by atoms with van der Waals surface area (Å²) in [6.07, 6.45) is 2.68. The number of hydrogen-bond donors (Lipinski definition) is 1. The topological polar surface area (TPSA) is 47.6 Å². The number of hydrogen-bond acceptors (Lipinski definition) is 4. The summed E-state index contributed by atoms with van der Waals surface area (Å²) in [5.74, 6) is -0.196. The third-order valence-electron chi connectivity index (χ3n) is 3.19. The van der Waals surface area contributed by atoms with Crippen LogP contribution in [0.25, 0.3) is 0 Å². The summed E-state index contributed by atoms with van der Waals surface area (Å²) in [5.41, 5.74) is 1.01.